The Balaban J connectivity index is 1.66. The van der Waals surface area contributed by atoms with Crippen molar-refractivity contribution in [2.45, 2.75) is 38.1 Å². The maximum Gasteiger partial charge on any atom is 0.159 e. The minimum absolute atomic E-state index is 0.283. The van der Waals surface area contributed by atoms with Gasteiger partial charge in [0, 0.05) is 17.5 Å². The van der Waals surface area contributed by atoms with Crippen LogP contribution in [-0.4, -0.2) is 34.0 Å². The molecule has 0 saturated carbocycles. The molecule has 126 valence electrons. The predicted octanol–water partition coefficient (Wildman–Crippen LogP) is 3.84. The van der Waals surface area contributed by atoms with Crippen molar-refractivity contribution >= 4 is 0 Å². The summed E-state index contributed by atoms with van der Waals surface area (Å²) in [4.78, 5) is 10.0. The van der Waals surface area contributed by atoms with Crippen LogP contribution in [0.2, 0.25) is 0 Å². The summed E-state index contributed by atoms with van der Waals surface area (Å²) in [5.74, 6) is -0.488. The smallest absolute Gasteiger partial charge is 0.159 e. The Morgan fingerprint density at radius 1 is 1.33 bits per heavy atom. The topological polar surface area (TPSA) is 55.7 Å². The second-order valence-corrected chi connectivity index (χ2v) is 6.33. The minimum Gasteiger partial charge on any atom is -0.342 e. The Bertz CT molecular complexity index is 742. The van der Waals surface area contributed by atoms with Gasteiger partial charge in [0.2, 0.25) is 0 Å². The van der Waals surface area contributed by atoms with Crippen LogP contribution in [0.5, 0.6) is 0 Å². The molecule has 0 amide bonds. The number of rotatable bonds is 4. The number of nitrogens with one attached hydrogen (secondary N) is 1. The molecule has 2 aromatic rings. The fourth-order valence-corrected chi connectivity index (χ4v) is 3.23. The molecule has 1 aliphatic heterocycles. The van der Waals surface area contributed by atoms with E-state index in [0.29, 0.717) is 23.6 Å². The van der Waals surface area contributed by atoms with Crippen LogP contribution in [0.4, 0.5) is 8.78 Å². The Kier molecular flexibility index (Phi) is 4.91. The van der Waals surface area contributed by atoms with Gasteiger partial charge >= 0.3 is 0 Å². The molecule has 1 aliphatic rings. The lowest BCUT2D eigenvalue weighted by Crippen LogP contribution is -2.39. The predicted molar refractivity (Wildman–Crippen MR) is 87.2 cm³/mol. The van der Waals surface area contributed by atoms with Gasteiger partial charge in [-0.05, 0) is 51.1 Å². The van der Waals surface area contributed by atoms with Gasteiger partial charge in [-0.25, -0.2) is 13.8 Å². The molecule has 0 aliphatic carbocycles. The number of piperidine rings is 1. The molecule has 0 spiro atoms. The molecule has 4 nitrogen and oxygen atoms in total. The number of aromatic nitrogens is 2. The number of aromatic amines is 1. The quantitative estimate of drug-likeness (QED) is 0.927. The largest absolute Gasteiger partial charge is 0.342 e. The van der Waals surface area contributed by atoms with Crippen molar-refractivity contribution in [2.24, 2.45) is 0 Å². The molecule has 3 rings (SSSR count). The van der Waals surface area contributed by atoms with E-state index in [1.54, 1.807) is 12.3 Å². The third-order valence-corrected chi connectivity index (χ3v) is 4.75. The summed E-state index contributed by atoms with van der Waals surface area (Å²) in [6.45, 7) is 3.96. The van der Waals surface area contributed by atoms with Crippen molar-refractivity contribution in [3.05, 3.63) is 41.9 Å². The van der Waals surface area contributed by atoms with Gasteiger partial charge in [0.15, 0.2) is 11.6 Å². The summed E-state index contributed by atoms with van der Waals surface area (Å²) in [6, 6.07) is 6.35. The maximum atomic E-state index is 13.4. The molecule has 0 bridgehead atoms. The zero-order chi connectivity index (χ0) is 17.1. The van der Waals surface area contributed by atoms with Crippen molar-refractivity contribution in [3.8, 4) is 17.3 Å². The van der Waals surface area contributed by atoms with Gasteiger partial charge in [-0.1, -0.05) is 0 Å². The summed E-state index contributed by atoms with van der Waals surface area (Å²) in [5, 5.41) is 8.80. The van der Waals surface area contributed by atoms with Crippen molar-refractivity contribution in [2.75, 3.05) is 13.1 Å². The van der Waals surface area contributed by atoms with Gasteiger partial charge in [-0.15, -0.1) is 0 Å². The number of likely N-dealkylation sites (tertiary alicyclic amines) is 1. The Morgan fingerprint density at radius 2 is 2.08 bits per heavy atom. The first-order chi connectivity index (χ1) is 11.6. The van der Waals surface area contributed by atoms with Gasteiger partial charge in [-0.3, -0.25) is 4.90 Å². The molecule has 1 N–H and O–H groups in total. The maximum absolute atomic E-state index is 13.4. The van der Waals surface area contributed by atoms with Gasteiger partial charge in [0.25, 0.3) is 0 Å². The highest BCUT2D eigenvalue weighted by molar-refractivity contribution is 5.58. The molecule has 1 aromatic heterocycles. The summed E-state index contributed by atoms with van der Waals surface area (Å²) < 4.78 is 26.4. The average molecular weight is 330 g/mol. The van der Waals surface area contributed by atoms with Crippen molar-refractivity contribution in [1.29, 1.82) is 5.26 Å². The molecule has 2 heterocycles. The lowest BCUT2D eigenvalue weighted by molar-refractivity contribution is 0.161. The van der Waals surface area contributed by atoms with E-state index in [1.165, 1.54) is 6.07 Å². The number of hydrogen-bond donors (Lipinski definition) is 1. The van der Waals surface area contributed by atoms with E-state index >= 15 is 0 Å². The minimum atomic E-state index is -0.858. The lowest BCUT2D eigenvalue weighted by Gasteiger charge is -2.34. The summed E-state index contributed by atoms with van der Waals surface area (Å²) in [5.41, 5.74) is 1.29. The second-order valence-electron chi connectivity index (χ2n) is 6.33. The second kappa shape index (κ2) is 7.10. The number of halogens is 2. The van der Waals surface area contributed by atoms with Crippen LogP contribution < -0.4 is 0 Å². The molecular weight excluding hydrogens is 310 g/mol. The van der Waals surface area contributed by atoms with Gasteiger partial charge in [-0.2, -0.15) is 5.26 Å². The lowest BCUT2D eigenvalue weighted by atomic mass is 9.95. The number of benzene rings is 1. The Morgan fingerprint density at radius 3 is 2.75 bits per heavy atom. The van der Waals surface area contributed by atoms with E-state index in [4.69, 9.17) is 5.26 Å². The van der Waals surface area contributed by atoms with Gasteiger partial charge in [0.1, 0.15) is 5.82 Å². The highest BCUT2D eigenvalue weighted by atomic mass is 19.2. The molecule has 6 heteroatoms. The van der Waals surface area contributed by atoms with E-state index in [-0.39, 0.29) is 6.04 Å². The molecule has 1 aromatic carbocycles. The van der Waals surface area contributed by atoms with Crippen LogP contribution in [0.1, 0.15) is 37.9 Å². The Hall–Kier alpha value is -2.26. The van der Waals surface area contributed by atoms with E-state index in [0.717, 1.165) is 37.8 Å². The molecular formula is C18H20F2N4. The first-order valence-corrected chi connectivity index (χ1v) is 8.20. The fraction of sp³-hybridized carbons (Fsp3) is 0.444. The summed E-state index contributed by atoms with van der Waals surface area (Å²) in [6.07, 6.45) is 4.17. The third kappa shape index (κ3) is 3.46. The summed E-state index contributed by atoms with van der Waals surface area (Å²) >= 11 is 0. The van der Waals surface area contributed by atoms with E-state index in [2.05, 4.69) is 27.9 Å². The normalized spacial score (nSPS) is 17.6. The van der Waals surface area contributed by atoms with Crippen molar-refractivity contribution in [1.82, 2.24) is 14.9 Å². The van der Waals surface area contributed by atoms with Crippen LogP contribution in [0, 0.1) is 23.0 Å². The summed E-state index contributed by atoms with van der Waals surface area (Å²) in [7, 11) is 0. The van der Waals surface area contributed by atoms with Crippen molar-refractivity contribution < 1.29 is 8.78 Å². The molecule has 0 radical (unpaired) electrons. The number of hydrogen-bond acceptors (Lipinski definition) is 3. The molecule has 1 atom stereocenters. The molecule has 1 saturated heterocycles. The number of imidazole rings is 1. The van der Waals surface area contributed by atoms with E-state index in [9.17, 15) is 8.78 Å². The van der Waals surface area contributed by atoms with Crippen LogP contribution >= 0.6 is 0 Å². The number of nitrogens with zero attached hydrogens (tertiary/aromatic N) is 3. The standard InChI is InChI=1S/C18H20F2N4/c1-12(4-7-21)24-8-5-13(6-9-24)18-22-11-17(23-18)14-2-3-15(19)16(20)10-14/h2-3,10-13H,4-6,8-9H2,1H3,(H,22,23)/t12-/m0/s1. The molecule has 24 heavy (non-hydrogen) atoms. The van der Waals surface area contributed by atoms with Crippen molar-refractivity contribution in [3.63, 3.8) is 0 Å². The van der Waals surface area contributed by atoms with Crippen LogP contribution in [0.3, 0.4) is 0 Å². The highest BCUT2D eigenvalue weighted by Gasteiger charge is 2.25. The Labute approximate surface area is 140 Å². The number of H-pyrrole nitrogens is 1. The zero-order valence-electron chi connectivity index (χ0n) is 13.6. The van der Waals surface area contributed by atoms with Crippen LogP contribution in [0.15, 0.2) is 24.4 Å². The van der Waals surface area contributed by atoms with E-state index in [1.807, 2.05) is 0 Å². The zero-order valence-corrected chi connectivity index (χ0v) is 13.6. The highest BCUT2D eigenvalue weighted by Crippen LogP contribution is 2.29. The van der Waals surface area contributed by atoms with Gasteiger partial charge in [0.05, 0.1) is 24.4 Å². The van der Waals surface area contributed by atoms with Crippen LogP contribution in [0.25, 0.3) is 11.3 Å². The first kappa shape index (κ1) is 16.6. The molecule has 0 unspecified atom stereocenters. The monoisotopic (exact) mass is 330 g/mol. The van der Waals surface area contributed by atoms with Crippen LogP contribution in [-0.2, 0) is 0 Å². The van der Waals surface area contributed by atoms with E-state index < -0.39 is 11.6 Å². The SMILES string of the molecule is C[C@@H](CC#N)N1CCC(c2ncc(-c3ccc(F)c(F)c3)[nH]2)CC1. The molecule has 1 fully saturated rings. The first-order valence-electron chi connectivity index (χ1n) is 8.20. The fourth-order valence-electron chi connectivity index (χ4n) is 3.23. The third-order valence-electron chi connectivity index (χ3n) is 4.75. The number of nitriles is 1. The average Bonchev–Trinajstić information content (AvgIpc) is 3.08. The van der Waals surface area contributed by atoms with Gasteiger partial charge < -0.3 is 4.98 Å².